The maximum absolute atomic E-state index is 5.66. The molecule has 0 saturated carbocycles. The van der Waals surface area contributed by atoms with Crippen molar-refractivity contribution in [3.63, 3.8) is 0 Å². The highest BCUT2D eigenvalue weighted by Gasteiger charge is 2.35. The van der Waals surface area contributed by atoms with Crippen molar-refractivity contribution in [3.8, 4) is 11.5 Å². The molecule has 1 aromatic rings. The molecule has 1 fully saturated rings. The number of hydrogen-bond donors (Lipinski definition) is 1. The van der Waals surface area contributed by atoms with Crippen molar-refractivity contribution in [2.45, 2.75) is 26.8 Å². The molecule has 0 unspecified atom stereocenters. The predicted molar refractivity (Wildman–Crippen MR) is 93.9 cm³/mol. The Morgan fingerprint density at radius 2 is 1.68 bits per heavy atom. The van der Waals surface area contributed by atoms with Gasteiger partial charge in [-0.05, 0) is 33.5 Å². The second-order valence-electron chi connectivity index (χ2n) is 6.78. The minimum atomic E-state index is 0.101. The number of piperazine rings is 1. The van der Waals surface area contributed by atoms with E-state index < -0.39 is 0 Å². The van der Waals surface area contributed by atoms with E-state index in [0.717, 1.165) is 42.2 Å². The van der Waals surface area contributed by atoms with Crippen LogP contribution in [0, 0.1) is 5.41 Å². The maximum Gasteiger partial charge on any atom is 0.133 e. The van der Waals surface area contributed by atoms with E-state index in [2.05, 4.69) is 53.0 Å². The molecule has 1 heterocycles. The third-order valence-corrected chi connectivity index (χ3v) is 4.76. The third kappa shape index (κ3) is 3.76. The monoisotopic (exact) mass is 370 g/mol. The zero-order valence-corrected chi connectivity index (χ0v) is 15.8. The van der Waals surface area contributed by atoms with Crippen molar-refractivity contribution in [2.24, 2.45) is 5.41 Å². The van der Waals surface area contributed by atoms with Crippen molar-refractivity contribution in [1.82, 2.24) is 10.2 Å². The third-order valence-electron chi connectivity index (χ3n) is 4.14. The van der Waals surface area contributed by atoms with Crippen LogP contribution in [0.2, 0.25) is 0 Å². The molecule has 0 radical (unpaired) electrons. The van der Waals surface area contributed by atoms with E-state index in [4.69, 9.17) is 9.47 Å². The van der Waals surface area contributed by atoms with Gasteiger partial charge in [0.15, 0.2) is 0 Å². The largest absolute Gasteiger partial charge is 0.496 e. The van der Waals surface area contributed by atoms with Crippen LogP contribution in [-0.2, 0) is 0 Å². The summed E-state index contributed by atoms with van der Waals surface area (Å²) in [5, 5.41) is 3.43. The molecule has 0 spiro atoms. The van der Waals surface area contributed by atoms with Gasteiger partial charge < -0.3 is 14.8 Å². The van der Waals surface area contributed by atoms with Crippen molar-refractivity contribution in [3.05, 3.63) is 22.2 Å². The van der Waals surface area contributed by atoms with Crippen molar-refractivity contribution >= 4 is 15.9 Å². The van der Waals surface area contributed by atoms with Crippen LogP contribution in [-0.4, -0.2) is 45.3 Å². The Hall–Kier alpha value is -0.780. The summed E-state index contributed by atoms with van der Waals surface area (Å²) in [6.45, 7) is 11.0. The molecule has 5 heteroatoms. The molecule has 4 nitrogen and oxygen atoms in total. The van der Waals surface area contributed by atoms with Crippen molar-refractivity contribution in [1.29, 1.82) is 0 Å². The average Bonchev–Trinajstić information content (AvgIpc) is 2.48. The Balaban J connectivity index is 2.50. The predicted octanol–water partition coefficient (Wildman–Crippen LogP) is 3.46. The molecule has 0 amide bonds. The number of ether oxygens (including phenoxy) is 2. The lowest BCUT2D eigenvalue weighted by molar-refractivity contribution is 0.0839. The summed E-state index contributed by atoms with van der Waals surface area (Å²) in [5.41, 5.74) is 1.29. The van der Waals surface area contributed by atoms with E-state index in [1.54, 1.807) is 14.2 Å². The molecular formula is C17H27BrN2O2. The second kappa shape index (κ2) is 7.20. The van der Waals surface area contributed by atoms with Crippen LogP contribution < -0.4 is 14.8 Å². The van der Waals surface area contributed by atoms with Gasteiger partial charge in [-0.15, -0.1) is 0 Å². The highest BCUT2D eigenvalue weighted by Crippen LogP contribution is 2.45. The minimum Gasteiger partial charge on any atom is -0.496 e. The van der Waals surface area contributed by atoms with Gasteiger partial charge in [0.1, 0.15) is 11.5 Å². The molecule has 1 aliphatic heterocycles. The number of halogens is 1. The summed E-state index contributed by atoms with van der Waals surface area (Å²) in [4.78, 5) is 2.54. The van der Waals surface area contributed by atoms with Gasteiger partial charge in [-0.1, -0.05) is 20.8 Å². The van der Waals surface area contributed by atoms with Crippen LogP contribution in [0.4, 0.5) is 0 Å². The van der Waals surface area contributed by atoms with Crippen molar-refractivity contribution in [2.75, 3.05) is 40.4 Å². The molecule has 1 aliphatic rings. The quantitative estimate of drug-likeness (QED) is 0.879. The van der Waals surface area contributed by atoms with E-state index in [0.29, 0.717) is 0 Å². The average molecular weight is 371 g/mol. The first-order chi connectivity index (χ1) is 10.4. The van der Waals surface area contributed by atoms with Crippen LogP contribution in [0.1, 0.15) is 32.4 Å². The SMILES string of the molecule is COc1cc([C@H](N2CCNCC2)C(C)(C)C)c(OC)cc1Br. The first kappa shape index (κ1) is 17.6. The minimum absolute atomic E-state index is 0.101. The van der Waals surface area contributed by atoms with Gasteiger partial charge in [0.25, 0.3) is 0 Å². The number of methoxy groups -OCH3 is 2. The Bertz CT molecular complexity index is 508. The van der Waals surface area contributed by atoms with E-state index in [1.807, 2.05) is 6.07 Å². The highest BCUT2D eigenvalue weighted by molar-refractivity contribution is 9.10. The molecule has 1 N–H and O–H groups in total. The molecule has 1 atom stereocenters. The molecular weight excluding hydrogens is 344 g/mol. The summed E-state index contributed by atoms with van der Waals surface area (Å²) < 4.78 is 12.1. The Labute approximate surface area is 142 Å². The topological polar surface area (TPSA) is 33.7 Å². The summed E-state index contributed by atoms with van der Waals surface area (Å²) in [7, 11) is 3.43. The number of nitrogens with zero attached hydrogens (tertiary/aromatic N) is 1. The van der Waals surface area contributed by atoms with E-state index in [1.165, 1.54) is 5.56 Å². The molecule has 1 aromatic carbocycles. The van der Waals surface area contributed by atoms with E-state index >= 15 is 0 Å². The summed E-state index contributed by atoms with van der Waals surface area (Å²) in [6.07, 6.45) is 0. The van der Waals surface area contributed by atoms with Gasteiger partial charge in [-0.25, -0.2) is 0 Å². The molecule has 0 aromatic heterocycles. The highest BCUT2D eigenvalue weighted by atomic mass is 79.9. The van der Waals surface area contributed by atoms with Gasteiger partial charge >= 0.3 is 0 Å². The Kier molecular flexibility index (Phi) is 5.75. The van der Waals surface area contributed by atoms with Gasteiger partial charge in [-0.2, -0.15) is 0 Å². The zero-order chi connectivity index (χ0) is 16.3. The number of hydrogen-bond acceptors (Lipinski definition) is 4. The van der Waals surface area contributed by atoms with Crippen LogP contribution in [0.3, 0.4) is 0 Å². The Morgan fingerprint density at radius 1 is 1.09 bits per heavy atom. The molecule has 124 valence electrons. The van der Waals surface area contributed by atoms with Crippen LogP contribution >= 0.6 is 15.9 Å². The molecule has 0 bridgehead atoms. The first-order valence-electron chi connectivity index (χ1n) is 7.74. The smallest absolute Gasteiger partial charge is 0.133 e. The first-order valence-corrected chi connectivity index (χ1v) is 8.54. The lowest BCUT2D eigenvalue weighted by Gasteiger charge is -2.43. The summed E-state index contributed by atoms with van der Waals surface area (Å²) in [6, 6.07) is 4.40. The number of nitrogens with one attached hydrogen (secondary N) is 1. The zero-order valence-electron chi connectivity index (χ0n) is 14.2. The van der Waals surface area contributed by atoms with Gasteiger partial charge in [-0.3, -0.25) is 4.90 Å². The van der Waals surface area contributed by atoms with Crippen LogP contribution in [0.5, 0.6) is 11.5 Å². The Morgan fingerprint density at radius 3 is 2.18 bits per heavy atom. The number of rotatable bonds is 4. The molecule has 0 aliphatic carbocycles. The summed E-state index contributed by atoms with van der Waals surface area (Å²) >= 11 is 3.55. The second-order valence-corrected chi connectivity index (χ2v) is 7.64. The lowest BCUT2D eigenvalue weighted by Crippen LogP contribution is -2.48. The fourth-order valence-electron chi connectivity index (χ4n) is 3.25. The van der Waals surface area contributed by atoms with E-state index in [-0.39, 0.29) is 11.5 Å². The molecule has 22 heavy (non-hydrogen) atoms. The van der Waals surface area contributed by atoms with Crippen LogP contribution in [0.15, 0.2) is 16.6 Å². The van der Waals surface area contributed by atoms with E-state index in [9.17, 15) is 0 Å². The van der Waals surface area contributed by atoms with Crippen molar-refractivity contribution < 1.29 is 9.47 Å². The standard InChI is InChI=1S/C17H27BrN2O2/c1-17(2,3)16(20-8-6-19-7-9-20)12-10-15(22-5)13(18)11-14(12)21-4/h10-11,16,19H,6-9H2,1-5H3/t16-/m0/s1. The van der Waals surface area contributed by atoms with Gasteiger partial charge in [0.05, 0.1) is 18.7 Å². The van der Waals surface area contributed by atoms with Gasteiger partial charge in [0.2, 0.25) is 0 Å². The molecule has 2 rings (SSSR count). The molecule has 1 saturated heterocycles. The lowest BCUT2D eigenvalue weighted by atomic mass is 9.80. The number of benzene rings is 1. The summed E-state index contributed by atoms with van der Waals surface area (Å²) in [5.74, 6) is 1.76. The normalized spacial score (nSPS) is 18.1. The van der Waals surface area contributed by atoms with Crippen LogP contribution in [0.25, 0.3) is 0 Å². The fourth-order valence-corrected chi connectivity index (χ4v) is 3.73. The maximum atomic E-state index is 5.66. The van der Waals surface area contributed by atoms with Gasteiger partial charge in [0, 0.05) is 37.8 Å². The fraction of sp³-hybridized carbons (Fsp3) is 0.647.